The quantitative estimate of drug-likeness (QED) is 0.868. The lowest BCUT2D eigenvalue weighted by Crippen LogP contribution is -2.31. The van der Waals surface area contributed by atoms with Gasteiger partial charge in [0.25, 0.3) is 0 Å². The average molecular weight is 286 g/mol. The largest absolute Gasteiger partial charge is 0.374 e. The number of nitrogens with zero attached hydrogens (tertiary/aromatic N) is 1. The first-order valence-corrected chi connectivity index (χ1v) is 7.72. The summed E-state index contributed by atoms with van der Waals surface area (Å²) in [5.41, 5.74) is 2.17. The Labute approximate surface area is 127 Å². The average Bonchev–Trinajstić information content (AvgIpc) is 2.46. The summed E-state index contributed by atoms with van der Waals surface area (Å²) in [7, 11) is 0. The molecule has 0 aliphatic carbocycles. The molecule has 3 nitrogen and oxygen atoms in total. The highest BCUT2D eigenvalue weighted by Crippen LogP contribution is 2.24. The zero-order valence-electron chi connectivity index (χ0n) is 13.5. The minimum atomic E-state index is -0.130. The van der Waals surface area contributed by atoms with Crippen LogP contribution in [0.3, 0.4) is 0 Å². The van der Waals surface area contributed by atoms with Crippen molar-refractivity contribution in [1.82, 2.24) is 10.3 Å². The van der Waals surface area contributed by atoms with Gasteiger partial charge in [0, 0.05) is 11.6 Å². The monoisotopic (exact) mass is 286 g/mol. The summed E-state index contributed by atoms with van der Waals surface area (Å²) in [5, 5.41) is 4.80. The van der Waals surface area contributed by atoms with E-state index < -0.39 is 0 Å². The van der Waals surface area contributed by atoms with E-state index in [1.165, 1.54) is 10.9 Å². The summed E-state index contributed by atoms with van der Waals surface area (Å²) in [6, 6.07) is 10.6. The maximum atomic E-state index is 6.01. The Balaban J connectivity index is 2.29. The zero-order chi connectivity index (χ0) is 15.3. The zero-order valence-corrected chi connectivity index (χ0v) is 13.5. The molecular weight excluding hydrogens is 260 g/mol. The molecule has 114 valence electrons. The van der Waals surface area contributed by atoms with Gasteiger partial charge in [0.15, 0.2) is 0 Å². The van der Waals surface area contributed by atoms with E-state index in [4.69, 9.17) is 4.74 Å². The molecule has 0 saturated heterocycles. The molecule has 1 aromatic carbocycles. The van der Waals surface area contributed by atoms with Gasteiger partial charge in [-0.3, -0.25) is 4.98 Å². The number of pyridine rings is 1. The maximum Gasteiger partial charge on any atom is 0.0705 e. The Kier molecular flexibility index (Phi) is 5.32. The van der Waals surface area contributed by atoms with Gasteiger partial charge < -0.3 is 10.1 Å². The Bertz CT molecular complexity index is 569. The van der Waals surface area contributed by atoms with E-state index in [1.807, 2.05) is 12.3 Å². The van der Waals surface area contributed by atoms with Crippen molar-refractivity contribution in [2.75, 3.05) is 13.2 Å². The van der Waals surface area contributed by atoms with Crippen molar-refractivity contribution in [3.8, 4) is 0 Å². The minimum absolute atomic E-state index is 0.130. The van der Waals surface area contributed by atoms with E-state index in [0.29, 0.717) is 6.61 Å². The minimum Gasteiger partial charge on any atom is -0.374 e. The molecule has 3 heteroatoms. The number of nitrogens with one attached hydrogen (secondary N) is 1. The van der Waals surface area contributed by atoms with Crippen molar-refractivity contribution in [2.45, 2.75) is 45.8 Å². The van der Waals surface area contributed by atoms with Crippen molar-refractivity contribution >= 4 is 10.9 Å². The van der Waals surface area contributed by atoms with Gasteiger partial charge in [-0.05, 0) is 51.4 Å². The predicted molar refractivity (Wildman–Crippen MR) is 88.5 cm³/mol. The lowest BCUT2D eigenvalue weighted by atomic mass is 10.0. The summed E-state index contributed by atoms with van der Waals surface area (Å²) in [4.78, 5) is 4.44. The molecular formula is C18H26N2O. The van der Waals surface area contributed by atoms with Gasteiger partial charge >= 0.3 is 0 Å². The van der Waals surface area contributed by atoms with Gasteiger partial charge in [-0.15, -0.1) is 0 Å². The van der Waals surface area contributed by atoms with Crippen LogP contribution in [0.4, 0.5) is 0 Å². The summed E-state index contributed by atoms with van der Waals surface area (Å²) in [6.07, 6.45) is 2.95. The number of hydrogen-bond donors (Lipinski definition) is 1. The van der Waals surface area contributed by atoms with Crippen LogP contribution in [0, 0.1) is 0 Å². The number of aromatic nitrogens is 1. The SMILES string of the molecule is CCCNC(COC(C)(C)C)c1cccc2ncccc12. The Morgan fingerprint density at radius 2 is 2.00 bits per heavy atom. The van der Waals surface area contributed by atoms with Crippen molar-refractivity contribution in [3.63, 3.8) is 0 Å². The molecule has 1 heterocycles. The summed E-state index contributed by atoms with van der Waals surface area (Å²) >= 11 is 0. The van der Waals surface area contributed by atoms with Gasteiger partial charge in [0.2, 0.25) is 0 Å². The van der Waals surface area contributed by atoms with Crippen molar-refractivity contribution in [2.24, 2.45) is 0 Å². The molecule has 0 bridgehead atoms. The molecule has 1 N–H and O–H groups in total. The van der Waals surface area contributed by atoms with E-state index in [2.05, 4.69) is 62.3 Å². The molecule has 0 fully saturated rings. The molecule has 0 amide bonds. The molecule has 0 aliphatic rings. The molecule has 0 saturated carbocycles. The molecule has 21 heavy (non-hydrogen) atoms. The molecule has 1 unspecified atom stereocenters. The first-order valence-electron chi connectivity index (χ1n) is 7.72. The second kappa shape index (κ2) is 7.01. The van der Waals surface area contributed by atoms with Crippen LogP contribution in [0.25, 0.3) is 10.9 Å². The van der Waals surface area contributed by atoms with Crippen LogP contribution in [0.15, 0.2) is 36.5 Å². The Hall–Kier alpha value is -1.45. The van der Waals surface area contributed by atoms with Crippen molar-refractivity contribution < 1.29 is 4.74 Å². The highest BCUT2D eigenvalue weighted by molar-refractivity contribution is 5.82. The van der Waals surface area contributed by atoms with Crippen LogP contribution in [0.2, 0.25) is 0 Å². The molecule has 1 aromatic heterocycles. The van der Waals surface area contributed by atoms with Crippen molar-refractivity contribution in [3.05, 3.63) is 42.1 Å². The van der Waals surface area contributed by atoms with Gasteiger partial charge in [0.1, 0.15) is 0 Å². The lowest BCUT2D eigenvalue weighted by molar-refractivity contribution is -0.0146. The van der Waals surface area contributed by atoms with Crippen LogP contribution in [-0.2, 0) is 4.74 Å². The normalized spacial score (nSPS) is 13.5. The molecule has 0 radical (unpaired) electrons. The van der Waals surface area contributed by atoms with Crippen molar-refractivity contribution in [1.29, 1.82) is 0 Å². The fourth-order valence-electron chi connectivity index (χ4n) is 2.34. The van der Waals surface area contributed by atoms with Crippen LogP contribution in [0.1, 0.15) is 45.7 Å². The standard InChI is InChI=1S/C18H26N2O/c1-5-11-19-17(13-21-18(2,3)4)15-8-6-10-16-14(15)9-7-12-20-16/h6-10,12,17,19H,5,11,13H2,1-4H3. The third-order valence-corrected chi connectivity index (χ3v) is 3.38. The summed E-state index contributed by atoms with van der Waals surface area (Å²) in [5.74, 6) is 0. The highest BCUT2D eigenvalue weighted by Gasteiger charge is 2.18. The lowest BCUT2D eigenvalue weighted by Gasteiger charge is -2.26. The Morgan fingerprint density at radius 1 is 1.19 bits per heavy atom. The summed E-state index contributed by atoms with van der Waals surface area (Å²) in [6.45, 7) is 10.1. The predicted octanol–water partition coefficient (Wildman–Crippen LogP) is 4.09. The Morgan fingerprint density at radius 3 is 2.71 bits per heavy atom. The molecule has 2 aromatic rings. The molecule has 2 rings (SSSR count). The summed E-state index contributed by atoms with van der Waals surface area (Å²) < 4.78 is 6.01. The third-order valence-electron chi connectivity index (χ3n) is 3.38. The van der Waals surface area contributed by atoms with E-state index in [-0.39, 0.29) is 11.6 Å². The van der Waals surface area contributed by atoms with E-state index in [9.17, 15) is 0 Å². The number of fused-ring (bicyclic) bond motifs is 1. The number of benzene rings is 1. The van der Waals surface area contributed by atoms with Gasteiger partial charge in [-0.1, -0.05) is 25.1 Å². The van der Waals surface area contributed by atoms with Crippen LogP contribution in [-0.4, -0.2) is 23.7 Å². The number of rotatable bonds is 6. The van der Waals surface area contributed by atoms with E-state index in [1.54, 1.807) is 0 Å². The first kappa shape index (κ1) is 15.9. The topological polar surface area (TPSA) is 34.1 Å². The van der Waals surface area contributed by atoms with Crippen LogP contribution in [0.5, 0.6) is 0 Å². The second-order valence-corrected chi connectivity index (χ2v) is 6.35. The molecule has 1 atom stereocenters. The third kappa shape index (κ3) is 4.51. The van der Waals surface area contributed by atoms with E-state index in [0.717, 1.165) is 18.5 Å². The smallest absolute Gasteiger partial charge is 0.0705 e. The molecule has 0 spiro atoms. The number of hydrogen-bond acceptors (Lipinski definition) is 3. The highest BCUT2D eigenvalue weighted by atomic mass is 16.5. The van der Waals surface area contributed by atoms with Crippen LogP contribution < -0.4 is 5.32 Å². The second-order valence-electron chi connectivity index (χ2n) is 6.35. The fraction of sp³-hybridized carbons (Fsp3) is 0.500. The van der Waals surface area contributed by atoms with Crippen LogP contribution >= 0.6 is 0 Å². The van der Waals surface area contributed by atoms with Gasteiger partial charge in [0.05, 0.1) is 23.8 Å². The van der Waals surface area contributed by atoms with Gasteiger partial charge in [-0.2, -0.15) is 0 Å². The van der Waals surface area contributed by atoms with Gasteiger partial charge in [-0.25, -0.2) is 0 Å². The molecule has 0 aliphatic heterocycles. The maximum absolute atomic E-state index is 6.01. The van der Waals surface area contributed by atoms with E-state index >= 15 is 0 Å². The number of ether oxygens (including phenoxy) is 1. The first-order chi connectivity index (χ1) is 10.0. The fourth-order valence-corrected chi connectivity index (χ4v) is 2.34.